The third kappa shape index (κ3) is 1.57. The summed E-state index contributed by atoms with van der Waals surface area (Å²) < 4.78 is 1.08. The molecule has 2 N–H and O–H groups in total. The molecule has 4 aliphatic heterocycles. The minimum atomic E-state index is 0.324. The normalized spacial score (nSPS) is 39.9. The summed E-state index contributed by atoms with van der Waals surface area (Å²) in [5.74, 6) is 0.984. The number of nitrogens with zero attached hydrogens (tertiary/aromatic N) is 1. The molecule has 2 aromatic rings. The van der Waals surface area contributed by atoms with Crippen LogP contribution in [0.15, 0.2) is 35.9 Å². The molecule has 3 nitrogen and oxygen atoms in total. The average Bonchev–Trinajstić information content (AvgIpc) is 2.92. The van der Waals surface area contributed by atoms with Crippen LogP contribution in [0.2, 0.25) is 0 Å². The Bertz CT molecular complexity index is 820. The molecular formula is C20H25N2O+. The van der Waals surface area contributed by atoms with Crippen LogP contribution in [0.25, 0.3) is 10.9 Å². The summed E-state index contributed by atoms with van der Waals surface area (Å²) in [7, 11) is 2.42. The fourth-order valence-corrected chi connectivity index (χ4v) is 6.02. The van der Waals surface area contributed by atoms with Crippen LogP contribution in [0.4, 0.5) is 0 Å². The number of nitrogens with one attached hydrogen (secondary N) is 1. The fourth-order valence-electron chi connectivity index (χ4n) is 6.02. The first-order valence-electron chi connectivity index (χ1n) is 8.87. The van der Waals surface area contributed by atoms with E-state index in [0.29, 0.717) is 30.5 Å². The molecule has 1 aromatic heterocycles. The number of para-hydroxylation sites is 1. The molecule has 0 saturated carbocycles. The molecule has 3 saturated heterocycles. The highest BCUT2D eigenvalue weighted by molar-refractivity contribution is 5.85. The fraction of sp³-hybridized carbons (Fsp3) is 0.500. The predicted octanol–water partition coefficient (Wildman–Crippen LogP) is 3.17. The third-order valence-electron chi connectivity index (χ3n) is 7.13. The third-order valence-corrected chi connectivity index (χ3v) is 7.13. The second-order valence-electron chi connectivity index (χ2n) is 7.91. The summed E-state index contributed by atoms with van der Waals surface area (Å²) in [5.41, 5.74) is 5.84. The molecule has 5 atom stereocenters. The number of benzene rings is 1. The summed E-state index contributed by atoms with van der Waals surface area (Å²) in [6.07, 6.45) is 4.59. The SMILES string of the molecule is C/C=C1/C[N@@+]2(C)[C@H]3C[C@@H]1C(CO)[C@@H]2Cc1c3[nH]c2ccccc12. The van der Waals surface area contributed by atoms with Crippen LogP contribution >= 0.6 is 0 Å². The highest BCUT2D eigenvalue weighted by atomic mass is 16.3. The van der Waals surface area contributed by atoms with E-state index in [1.165, 1.54) is 28.6 Å². The Morgan fingerprint density at radius 1 is 1.35 bits per heavy atom. The number of rotatable bonds is 1. The Labute approximate surface area is 137 Å². The van der Waals surface area contributed by atoms with Gasteiger partial charge < -0.3 is 14.6 Å². The molecule has 0 radical (unpaired) electrons. The Kier molecular flexibility index (Phi) is 2.70. The Morgan fingerprint density at radius 3 is 2.96 bits per heavy atom. The average molecular weight is 309 g/mol. The van der Waals surface area contributed by atoms with Crippen molar-refractivity contribution in [3.05, 3.63) is 47.2 Å². The highest BCUT2D eigenvalue weighted by Crippen LogP contribution is 2.57. The molecule has 5 heterocycles. The summed E-state index contributed by atoms with van der Waals surface area (Å²) in [6.45, 7) is 3.65. The molecule has 4 bridgehead atoms. The van der Waals surface area contributed by atoms with Crippen molar-refractivity contribution in [1.82, 2.24) is 4.98 Å². The highest BCUT2D eigenvalue weighted by Gasteiger charge is 2.61. The Balaban J connectivity index is 1.73. The number of aromatic amines is 1. The van der Waals surface area contributed by atoms with E-state index in [-0.39, 0.29) is 0 Å². The molecule has 4 aliphatic rings. The largest absolute Gasteiger partial charge is 0.396 e. The first kappa shape index (κ1) is 13.8. The number of piperidine rings is 3. The number of hydrogen-bond acceptors (Lipinski definition) is 1. The lowest BCUT2D eigenvalue weighted by atomic mass is 9.62. The molecule has 1 unspecified atom stereocenters. The zero-order valence-corrected chi connectivity index (χ0v) is 13.9. The number of H-pyrrole nitrogens is 1. The lowest BCUT2D eigenvalue weighted by Crippen LogP contribution is -2.70. The number of quaternary nitrogens is 1. The van der Waals surface area contributed by atoms with Gasteiger partial charge in [-0.05, 0) is 24.1 Å². The maximum atomic E-state index is 10.1. The van der Waals surface area contributed by atoms with Crippen molar-refractivity contribution < 1.29 is 9.59 Å². The number of aromatic nitrogens is 1. The Hall–Kier alpha value is -1.58. The van der Waals surface area contributed by atoms with E-state index in [2.05, 4.69) is 49.3 Å². The quantitative estimate of drug-likeness (QED) is 0.616. The van der Waals surface area contributed by atoms with Gasteiger partial charge >= 0.3 is 0 Å². The number of aliphatic hydroxyl groups is 1. The van der Waals surface area contributed by atoms with E-state index < -0.39 is 0 Å². The van der Waals surface area contributed by atoms with Crippen LogP contribution in [0, 0.1) is 11.8 Å². The topological polar surface area (TPSA) is 36.0 Å². The van der Waals surface area contributed by atoms with Crippen molar-refractivity contribution in [3.63, 3.8) is 0 Å². The molecule has 0 amide bonds. The van der Waals surface area contributed by atoms with E-state index in [1.807, 2.05) is 0 Å². The van der Waals surface area contributed by atoms with Crippen LogP contribution < -0.4 is 0 Å². The van der Waals surface area contributed by atoms with Gasteiger partial charge in [0.05, 0.1) is 25.4 Å². The van der Waals surface area contributed by atoms with Gasteiger partial charge in [-0.15, -0.1) is 0 Å². The van der Waals surface area contributed by atoms with Crippen molar-refractivity contribution in [3.8, 4) is 0 Å². The van der Waals surface area contributed by atoms with Crippen molar-refractivity contribution in [2.75, 3.05) is 20.2 Å². The van der Waals surface area contributed by atoms with Gasteiger partial charge in [0, 0.05) is 35.6 Å². The molecule has 23 heavy (non-hydrogen) atoms. The predicted molar refractivity (Wildman–Crippen MR) is 92.0 cm³/mol. The smallest absolute Gasteiger partial charge is 0.131 e. The first-order valence-corrected chi connectivity index (χ1v) is 8.87. The van der Waals surface area contributed by atoms with Crippen molar-refractivity contribution >= 4 is 10.9 Å². The molecular weight excluding hydrogens is 284 g/mol. The molecule has 1 aromatic carbocycles. The van der Waals surface area contributed by atoms with Gasteiger partial charge in [0.1, 0.15) is 12.6 Å². The molecule has 120 valence electrons. The molecule has 0 aliphatic carbocycles. The number of aliphatic hydroxyl groups excluding tert-OH is 1. The van der Waals surface area contributed by atoms with Gasteiger partial charge in [0.2, 0.25) is 0 Å². The zero-order valence-electron chi connectivity index (χ0n) is 13.9. The summed E-state index contributed by atoms with van der Waals surface area (Å²) >= 11 is 0. The summed E-state index contributed by atoms with van der Waals surface area (Å²) in [5, 5.41) is 11.5. The molecule has 3 fully saturated rings. The van der Waals surface area contributed by atoms with E-state index >= 15 is 0 Å². The van der Waals surface area contributed by atoms with Gasteiger partial charge in [0.25, 0.3) is 0 Å². The summed E-state index contributed by atoms with van der Waals surface area (Å²) in [4.78, 5) is 3.75. The number of fused-ring (bicyclic) bond motifs is 4. The zero-order chi connectivity index (χ0) is 15.8. The van der Waals surface area contributed by atoms with Gasteiger partial charge in [-0.3, -0.25) is 0 Å². The van der Waals surface area contributed by atoms with Gasteiger partial charge in [-0.2, -0.15) is 0 Å². The maximum Gasteiger partial charge on any atom is 0.131 e. The van der Waals surface area contributed by atoms with E-state index in [0.717, 1.165) is 17.4 Å². The number of likely N-dealkylation sites (N-methyl/N-ethyl adjacent to an activating group) is 1. The van der Waals surface area contributed by atoms with Crippen molar-refractivity contribution in [2.45, 2.75) is 31.8 Å². The van der Waals surface area contributed by atoms with E-state index in [9.17, 15) is 5.11 Å². The van der Waals surface area contributed by atoms with E-state index in [4.69, 9.17) is 0 Å². The minimum absolute atomic E-state index is 0.324. The molecule has 0 spiro atoms. The van der Waals surface area contributed by atoms with Crippen molar-refractivity contribution in [2.24, 2.45) is 11.8 Å². The lowest BCUT2D eigenvalue weighted by molar-refractivity contribution is -0.978. The standard InChI is InChI=1S/C20H25N2O/c1-3-12-10-22(2)18-9-15-13-6-4-5-7-17(13)21-20(15)19(22)8-14(12)16(18)11-23/h3-7,14,16,18-19,21,23H,8-11H2,1-2H3/q+1/b12-3-/t14-,16?,18-,19-,22+/m0/s1. The molecule has 3 heteroatoms. The Morgan fingerprint density at radius 2 is 2.17 bits per heavy atom. The second kappa shape index (κ2) is 4.49. The number of hydrogen-bond donors (Lipinski definition) is 2. The van der Waals surface area contributed by atoms with Crippen LogP contribution in [0.3, 0.4) is 0 Å². The second-order valence-corrected chi connectivity index (χ2v) is 7.91. The van der Waals surface area contributed by atoms with Crippen molar-refractivity contribution in [1.29, 1.82) is 0 Å². The lowest BCUT2D eigenvalue weighted by Gasteiger charge is -2.62. The van der Waals surface area contributed by atoms with E-state index in [1.54, 1.807) is 5.57 Å². The summed E-state index contributed by atoms with van der Waals surface area (Å²) in [6, 6.07) is 9.84. The molecule has 6 rings (SSSR count). The number of allylic oxidation sites excluding steroid dienone is 1. The first-order chi connectivity index (χ1) is 11.2. The van der Waals surface area contributed by atoms with Gasteiger partial charge in [0.15, 0.2) is 0 Å². The van der Waals surface area contributed by atoms with Gasteiger partial charge in [-0.1, -0.05) is 24.3 Å². The monoisotopic (exact) mass is 309 g/mol. The maximum absolute atomic E-state index is 10.1. The minimum Gasteiger partial charge on any atom is -0.396 e. The van der Waals surface area contributed by atoms with Crippen LogP contribution in [-0.2, 0) is 6.42 Å². The van der Waals surface area contributed by atoms with Crippen LogP contribution in [0.1, 0.15) is 30.6 Å². The van der Waals surface area contributed by atoms with Crippen LogP contribution in [-0.4, -0.2) is 40.8 Å². The van der Waals surface area contributed by atoms with Crippen LogP contribution in [0.5, 0.6) is 0 Å². The van der Waals surface area contributed by atoms with Gasteiger partial charge in [-0.25, -0.2) is 0 Å².